The average Bonchev–Trinajstić information content (AvgIpc) is 2.70. The second-order valence-corrected chi connectivity index (χ2v) is 8.11. The van der Waals surface area contributed by atoms with E-state index in [1.54, 1.807) is 0 Å². The van der Waals surface area contributed by atoms with E-state index in [0.717, 1.165) is 25.7 Å². The van der Waals surface area contributed by atoms with Crippen molar-refractivity contribution >= 4 is 16.7 Å². The predicted octanol–water partition coefficient (Wildman–Crippen LogP) is 7.71. The second kappa shape index (κ2) is 13.4. The number of hydrogen-bond donors (Lipinski definition) is 1. The van der Waals surface area contributed by atoms with E-state index < -0.39 is 5.97 Å². The molecule has 28 heavy (non-hydrogen) atoms. The lowest BCUT2D eigenvalue weighted by Crippen LogP contribution is -1.95. The Morgan fingerprint density at radius 3 is 1.64 bits per heavy atom. The number of rotatable bonds is 15. The van der Waals surface area contributed by atoms with Gasteiger partial charge in [-0.25, -0.2) is 0 Å². The van der Waals surface area contributed by atoms with Crippen LogP contribution in [0.1, 0.15) is 95.1 Å². The Bertz CT molecular complexity index is 705. The highest BCUT2D eigenvalue weighted by Crippen LogP contribution is 2.26. The number of carboxylic acid groups (broad SMARTS) is 1. The lowest BCUT2D eigenvalue weighted by atomic mass is 9.93. The number of hydrogen-bond acceptors (Lipinski definition) is 1. The molecule has 2 nitrogen and oxygen atoms in total. The molecule has 154 valence electrons. The molecule has 2 heteroatoms. The molecule has 2 aromatic rings. The number of unbranched alkanes of at least 4 members (excludes halogenated alkanes) is 9. The molecule has 0 spiro atoms. The highest BCUT2D eigenvalue weighted by atomic mass is 16.4. The van der Waals surface area contributed by atoms with Crippen molar-refractivity contribution in [1.82, 2.24) is 0 Å². The van der Waals surface area contributed by atoms with Gasteiger partial charge in [0.15, 0.2) is 0 Å². The zero-order chi connectivity index (χ0) is 20.0. The monoisotopic (exact) mass is 382 g/mol. The minimum Gasteiger partial charge on any atom is -0.481 e. The molecule has 0 saturated carbocycles. The Kier molecular flexibility index (Phi) is 10.7. The molecule has 0 heterocycles. The maximum absolute atomic E-state index is 10.5. The van der Waals surface area contributed by atoms with E-state index in [9.17, 15) is 4.79 Å². The maximum atomic E-state index is 10.5. The van der Waals surface area contributed by atoms with Crippen LogP contribution in [0.15, 0.2) is 36.4 Å². The molecule has 0 aliphatic carbocycles. The Balaban J connectivity index is 1.82. The molecule has 0 unspecified atom stereocenters. The molecule has 2 rings (SSSR count). The van der Waals surface area contributed by atoms with E-state index in [-0.39, 0.29) is 0 Å². The van der Waals surface area contributed by atoms with E-state index in [1.807, 2.05) is 0 Å². The van der Waals surface area contributed by atoms with Gasteiger partial charge in [-0.1, -0.05) is 94.7 Å². The van der Waals surface area contributed by atoms with Crippen molar-refractivity contribution < 1.29 is 9.90 Å². The fourth-order valence-corrected chi connectivity index (χ4v) is 4.08. The van der Waals surface area contributed by atoms with Crippen molar-refractivity contribution in [2.24, 2.45) is 0 Å². The second-order valence-electron chi connectivity index (χ2n) is 8.11. The standard InChI is InChI=1S/C26H38O2/c1-2-3-4-5-7-10-15-22-20-21-23(25-18-14-13-17-24(22)25)16-11-8-6-9-12-19-26(27)28/h13-14,17-18,20-21H,2-12,15-16,19H2,1H3,(H,27,28). The number of aliphatic carboxylic acids is 1. The molecule has 0 amide bonds. The molecular weight excluding hydrogens is 344 g/mol. The first kappa shape index (κ1) is 22.5. The summed E-state index contributed by atoms with van der Waals surface area (Å²) in [5.74, 6) is -0.674. The van der Waals surface area contributed by atoms with Crippen molar-refractivity contribution in [3.63, 3.8) is 0 Å². The number of benzene rings is 2. The first-order valence-corrected chi connectivity index (χ1v) is 11.4. The van der Waals surface area contributed by atoms with E-state index in [1.165, 1.54) is 79.7 Å². The number of fused-ring (bicyclic) bond motifs is 1. The quantitative estimate of drug-likeness (QED) is 0.320. The van der Waals surface area contributed by atoms with Crippen molar-refractivity contribution in [3.8, 4) is 0 Å². The van der Waals surface area contributed by atoms with Crippen LogP contribution in [0, 0.1) is 0 Å². The lowest BCUT2D eigenvalue weighted by Gasteiger charge is -2.12. The molecule has 1 N–H and O–H groups in total. The van der Waals surface area contributed by atoms with Crippen LogP contribution >= 0.6 is 0 Å². The largest absolute Gasteiger partial charge is 0.481 e. The third-order valence-corrected chi connectivity index (χ3v) is 5.74. The minimum atomic E-state index is -0.674. The Hall–Kier alpha value is -1.83. The summed E-state index contributed by atoms with van der Waals surface area (Å²) in [6.07, 6.45) is 16.1. The predicted molar refractivity (Wildman–Crippen MR) is 120 cm³/mol. The molecular formula is C26H38O2. The van der Waals surface area contributed by atoms with Gasteiger partial charge in [-0.15, -0.1) is 0 Å². The molecule has 0 fully saturated rings. The third-order valence-electron chi connectivity index (χ3n) is 5.74. The van der Waals surface area contributed by atoms with Crippen LogP contribution in [0.4, 0.5) is 0 Å². The van der Waals surface area contributed by atoms with E-state index in [0.29, 0.717) is 6.42 Å². The minimum absolute atomic E-state index is 0.310. The average molecular weight is 383 g/mol. The summed E-state index contributed by atoms with van der Waals surface area (Å²) in [6, 6.07) is 13.6. The van der Waals surface area contributed by atoms with Gasteiger partial charge in [0.1, 0.15) is 0 Å². The topological polar surface area (TPSA) is 37.3 Å². The van der Waals surface area contributed by atoms with E-state index in [2.05, 4.69) is 43.3 Å². The highest BCUT2D eigenvalue weighted by molar-refractivity contribution is 5.88. The van der Waals surface area contributed by atoms with Gasteiger partial charge >= 0.3 is 5.97 Å². The zero-order valence-electron chi connectivity index (χ0n) is 17.7. The van der Waals surface area contributed by atoms with Crippen molar-refractivity contribution in [3.05, 3.63) is 47.5 Å². The molecule has 0 radical (unpaired) electrons. The fourth-order valence-electron chi connectivity index (χ4n) is 4.08. The van der Waals surface area contributed by atoms with Crippen molar-refractivity contribution in [2.45, 2.75) is 96.8 Å². The summed E-state index contributed by atoms with van der Waals surface area (Å²) in [5.41, 5.74) is 2.97. The highest BCUT2D eigenvalue weighted by Gasteiger charge is 2.06. The normalized spacial score (nSPS) is 11.2. The summed E-state index contributed by atoms with van der Waals surface area (Å²) in [4.78, 5) is 10.5. The number of carboxylic acids is 1. The first-order valence-electron chi connectivity index (χ1n) is 11.4. The number of aryl methyl sites for hydroxylation is 2. The summed E-state index contributed by atoms with van der Waals surface area (Å²) < 4.78 is 0. The Morgan fingerprint density at radius 2 is 1.14 bits per heavy atom. The lowest BCUT2D eigenvalue weighted by molar-refractivity contribution is -0.137. The van der Waals surface area contributed by atoms with Crippen LogP contribution in [0.2, 0.25) is 0 Å². The summed E-state index contributed by atoms with van der Waals surface area (Å²) in [5, 5.41) is 11.6. The van der Waals surface area contributed by atoms with Gasteiger partial charge in [0.2, 0.25) is 0 Å². The van der Waals surface area contributed by atoms with Gasteiger partial charge in [0.25, 0.3) is 0 Å². The van der Waals surface area contributed by atoms with Gasteiger partial charge in [0.05, 0.1) is 0 Å². The summed E-state index contributed by atoms with van der Waals surface area (Å²) in [6.45, 7) is 2.27. The molecule has 0 atom stereocenters. The maximum Gasteiger partial charge on any atom is 0.303 e. The van der Waals surface area contributed by atoms with Crippen molar-refractivity contribution in [1.29, 1.82) is 0 Å². The van der Waals surface area contributed by atoms with Crippen LogP contribution in [-0.2, 0) is 17.6 Å². The molecule has 0 aliphatic heterocycles. The van der Waals surface area contributed by atoms with Gasteiger partial charge < -0.3 is 5.11 Å². The molecule has 0 aliphatic rings. The summed E-state index contributed by atoms with van der Waals surface area (Å²) in [7, 11) is 0. The van der Waals surface area contributed by atoms with Gasteiger partial charge in [0, 0.05) is 6.42 Å². The molecule has 0 saturated heterocycles. The number of carbonyl (C=O) groups is 1. The first-order chi connectivity index (χ1) is 13.7. The molecule has 0 aromatic heterocycles. The smallest absolute Gasteiger partial charge is 0.303 e. The van der Waals surface area contributed by atoms with Gasteiger partial charge in [-0.05, 0) is 54.0 Å². The van der Waals surface area contributed by atoms with Crippen LogP contribution in [0.3, 0.4) is 0 Å². The van der Waals surface area contributed by atoms with Crippen LogP contribution in [0.25, 0.3) is 10.8 Å². The van der Waals surface area contributed by atoms with Crippen LogP contribution < -0.4 is 0 Å². The van der Waals surface area contributed by atoms with Crippen LogP contribution in [-0.4, -0.2) is 11.1 Å². The molecule has 0 bridgehead atoms. The van der Waals surface area contributed by atoms with Crippen LogP contribution in [0.5, 0.6) is 0 Å². The SMILES string of the molecule is CCCCCCCCc1ccc(CCCCCCCC(=O)O)c2ccccc12. The Morgan fingerprint density at radius 1 is 0.679 bits per heavy atom. The molecule has 2 aromatic carbocycles. The Labute approximate surface area is 171 Å². The van der Waals surface area contributed by atoms with Gasteiger partial charge in [-0.3, -0.25) is 4.79 Å². The van der Waals surface area contributed by atoms with Gasteiger partial charge in [-0.2, -0.15) is 0 Å². The van der Waals surface area contributed by atoms with E-state index >= 15 is 0 Å². The van der Waals surface area contributed by atoms with Crippen molar-refractivity contribution in [2.75, 3.05) is 0 Å². The van der Waals surface area contributed by atoms with E-state index in [4.69, 9.17) is 5.11 Å². The fraction of sp³-hybridized carbons (Fsp3) is 0.577. The third kappa shape index (κ3) is 8.04. The zero-order valence-corrected chi connectivity index (χ0v) is 17.7. The summed E-state index contributed by atoms with van der Waals surface area (Å²) >= 11 is 0.